The van der Waals surface area contributed by atoms with Crippen molar-refractivity contribution >= 4 is 28.3 Å². The molecule has 164 valence electrons. The van der Waals surface area contributed by atoms with Gasteiger partial charge in [-0.3, -0.25) is 0 Å². The second kappa shape index (κ2) is 7.70. The summed E-state index contributed by atoms with van der Waals surface area (Å²) in [6.45, 7) is 7.66. The van der Waals surface area contributed by atoms with Crippen molar-refractivity contribution in [3.05, 3.63) is 41.6 Å². The second-order valence-electron chi connectivity index (χ2n) is 8.85. The molecule has 8 nitrogen and oxygen atoms in total. The van der Waals surface area contributed by atoms with Crippen molar-refractivity contribution in [2.24, 2.45) is 0 Å². The van der Waals surface area contributed by atoms with Crippen molar-refractivity contribution in [2.75, 3.05) is 36.5 Å². The highest BCUT2D eigenvalue weighted by Gasteiger charge is 2.22. The van der Waals surface area contributed by atoms with Crippen LogP contribution >= 0.6 is 0 Å². The van der Waals surface area contributed by atoms with Gasteiger partial charge in [-0.25, -0.2) is 15.0 Å². The summed E-state index contributed by atoms with van der Waals surface area (Å²) in [5, 5.41) is 8.55. The lowest BCUT2D eigenvalue weighted by Crippen LogP contribution is -2.23. The van der Waals surface area contributed by atoms with Crippen LogP contribution in [0, 0.1) is 13.8 Å². The molecule has 0 saturated carbocycles. The lowest BCUT2D eigenvalue weighted by molar-refractivity contribution is 0.195. The molecule has 8 heteroatoms. The van der Waals surface area contributed by atoms with Gasteiger partial charge in [-0.05, 0) is 50.8 Å². The SMILES string of the molecule is Cc1ccc2nc(C)c(-c3cc4nc(N5CCCC5)cc(N[C@@H]5CCOC5)n4n3)nc2c1. The number of hydrogen-bond donors (Lipinski definition) is 1. The molecule has 0 spiro atoms. The molecule has 0 aliphatic carbocycles. The summed E-state index contributed by atoms with van der Waals surface area (Å²) in [6, 6.07) is 10.6. The van der Waals surface area contributed by atoms with E-state index >= 15 is 0 Å². The Labute approximate surface area is 186 Å². The Balaban J connectivity index is 1.48. The average Bonchev–Trinajstić information content (AvgIpc) is 3.55. The van der Waals surface area contributed by atoms with E-state index < -0.39 is 0 Å². The number of hydrogen-bond acceptors (Lipinski definition) is 7. The van der Waals surface area contributed by atoms with Gasteiger partial charge >= 0.3 is 0 Å². The summed E-state index contributed by atoms with van der Waals surface area (Å²) in [6.07, 6.45) is 3.41. The fourth-order valence-corrected chi connectivity index (χ4v) is 4.64. The van der Waals surface area contributed by atoms with E-state index in [0.29, 0.717) is 6.61 Å². The molecule has 2 saturated heterocycles. The summed E-state index contributed by atoms with van der Waals surface area (Å²) in [5.41, 5.74) is 6.22. The highest BCUT2D eigenvalue weighted by molar-refractivity contribution is 5.79. The Morgan fingerprint density at radius 1 is 1.00 bits per heavy atom. The van der Waals surface area contributed by atoms with E-state index in [1.54, 1.807) is 0 Å². The summed E-state index contributed by atoms with van der Waals surface area (Å²) >= 11 is 0. The predicted molar refractivity (Wildman–Crippen MR) is 125 cm³/mol. The molecule has 1 N–H and O–H groups in total. The van der Waals surface area contributed by atoms with Gasteiger partial charge < -0.3 is 15.0 Å². The Morgan fingerprint density at radius 3 is 2.69 bits per heavy atom. The van der Waals surface area contributed by atoms with E-state index in [1.807, 2.05) is 23.6 Å². The van der Waals surface area contributed by atoms with Crippen LogP contribution in [0.4, 0.5) is 11.6 Å². The van der Waals surface area contributed by atoms with Crippen LogP contribution in [-0.2, 0) is 4.74 Å². The largest absolute Gasteiger partial charge is 0.379 e. The molecule has 5 heterocycles. The first-order chi connectivity index (χ1) is 15.6. The van der Waals surface area contributed by atoms with Crippen LogP contribution in [0.2, 0.25) is 0 Å². The standard InChI is InChI=1S/C24H27N7O/c1-15-5-6-18-19(11-15)27-24(16(2)25-18)20-12-22-28-21(30-8-3-4-9-30)13-23(31(22)29-20)26-17-7-10-32-14-17/h5-6,11-13,17,26H,3-4,7-10,14H2,1-2H3/t17-/m1/s1. The van der Waals surface area contributed by atoms with E-state index in [4.69, 9.17) is 24.8 Å². The van der Waals surface area contributed by atoms with E-state index in [0.717, 1.165) is 71.5 Å². The molecular weight excluding hydrogens is 402 g/mol. The van der Waals surface area contributed by atoms with Crippen LogP contribution < -0.4 is 10.2 Å². The van der Waals surface area contributed by atoms with Crippen LogP contribution in [0.3, 0.4) is 0 Å². The number of ether oxygens (including phenoxy) is 1. The lowest BCUT2D eigenvalue weighted by Gasteiger charge is -2.19. The zero-order valence-electron chi connectivity index (χ0n) is 18.5. The van der Waals surface area contributed by atoms with Crippen molar-refractivity contribution in [2.45, 2.75) is 39.2 Å². The van der Waals surface area contributed by atoms with E-state index in [1.165, 1.54) is 18.4 Å². The molecule has 32 heavy (non-hydrogen) atoms. The third-order valence-electron chi connectivity index (χ3n) is 6.36. The lowest BCUT2D eigenvalue weighted by atomic mass is 10.2. The van der Waals surface area contributed by atoms with Crippen molar-refractivity contribution in [3.8, 4) is 11.4 Å². The highest BCUT2D eigenvalue weighted by atomic mass is 16.5. The molecule has 0 amide bonds. The van der Waals surface area contributed by atoms with Gasteiger partial charge in [0, 0.05) is 31.8 Å². The maximum Gasteiger partial charge on any atom is 0.160 e. The molecule has 2 aliphatic heterocycles. The molecule has 4 aromatic rings. The molecule has 2 aliphatic rings. The average molecular weight is 430 g/mol. The minimum atomic E-state index is 0.282. The number of nitrogens with one attached hydrogen (secondary N) is 1. The first-order valence-corrected chi connectivity index (χ1v) is 11.4. The van der Waals surface area contributed by atoms with Gasteiger partial charge in [0.2, 0.25) is 0 Å². The normalized spacial score (nSPS) is 18.8. The van der Waals surface area contributed by atoms with Crippen molar-refractivity contribution < 1.29 is 4.74 Å². The summed E-state index contributed by atoms with van der Waals surface area (Å²) in [7, 11) is 0. The third kappa shape index (κ3) is 3.44. The number of aryl methyl sites for hydroxylation is 2. The molecule has 0 bridgehead atoms. The first kappa shape index (κ1) is 19.4. The summed E-state index contributed by atoms with van der Waals surface area (Å²) in [5.74, 6) is 1.95. The predicted octanol–water partition coefficient (Wildman–Crippen LogP) is 3.76. The van der Waals surface area contributed by atoms with Gasteiger partial charge in [-0.1, -0.05) is 6.07 Å². The number of anilines is 2. The zero-order chi connectivity index (χ0) is 21.7. The molecular formula is C24H27N7O. The van der Waals surface area contributed by atoms with Gasteiger partial charge in [0.15, 0.2) is 5.65 Å². The highest BCUT2D eigenvalue weighted by Crippen LogP contribution is 2.28. The van der Waals surface area contributed by atoms with E-state index in [2.05, 4.69) is 35.3 Å². The topological polar surface area (TPSA) is 80.5 Å². The molecule has 2 fully saturated rings. The molecule has 0 radical (unpaired) electrons. The monoisotopic (exact) mass is 429 g/mol. The Bertz CT molecular complexity index is 1300. The number of rotatable bonds is 4. The maximum atomic E-state index is 5.58. The molecule has 0 unspecified atom stereocenters. The van der Waals surface area contributed by atoms with Crippen LogP contribution in [0.25, 0.3) is 28.1 Å². The maximum absolute atomic E-state index is 5.58. The van der Waals surface area contributed by atoms with Gasteiger partial charge in [0.25, 0.3) is 0 Å². The molecule has 1 aromatic carbocycles. The number of nitrogens with zero attached hydrogens (tertiary/aromatic N) is 6. The zero-order valence-corrected chi connectivity index (χ0v) is 18.5. The first-order valence-electron chi connectivity index (χ1n) is 11.4. The van der Waals surface area contributed by atoms with Crippen LogP contribution in [0.1, 0.15) is 30.5 Å². The van der Waals surface area contributed by atoms with E-state index in [-0.39, 0.29) is 6.04 Å². The number of aromatic nitrogens is 5. The van der Waals surface area contributed by atoms with Crippen molar-refractivity contribution in [1.29, 1.82) is 0 Å². The van der Waals surface area contributed by atoms with Crippen LogP contribution in [0.5, 0.6) is 0 Å². The minimum Gasteiger partial charge on any atom is -0.379 e. The molecule has 3 aromatic heterocycles. The minimum absolute atomic E-state index is 0.282. The second-order valence-corrected chi connectivity index (χ2v) is 8.85. The van der Waals surface area contributed by atoms with Crippen LogP contribution in [0.15, 0.2) is 30.3 Å². The fourth-order valence-electron chi connectivity index (χ4n) is 4.64. The van der Waals surface area contributed by atoms with Crippen LogP contribution in [-0.4, -0.2) is 56.9 Å². The quantitative estimate of drug-likeness (QED) is 0.529. The Morgan fingerprint density at radius 2 is 1.88 bits per heavy atom. The molecule has 6 rings (SSSR count). The third-order valence-corrected chi connectivity index (χ3v) is 6.36. The van der Waals surface area contributed by atoms with Crippen molar-refractivity contribution in [1.82, 2.24) is 24.6 Å². The van der Waals surface area contributed by atoms with Gasteiger partial charge in [-0.2, -0.15) is 9.61 Å². The number of fused-ring (bicyclic) bond motifs is 2. The summed E-state index contributed by atoms with van der Waals surface area (Å²) in [4.78, 5) is 17.0. The Hall–Kier alpha value is -3.26. The van der Waals surface area contributed by atoms with Gasteiger partial charge in [0.05, 0.1) is 29.4 Å². The van der Waals surface area contributed by atoms with E-state index in [9.17, 15) is 0 Å². The summed E-state index contributed by atoms with van der Waals surface area (Å²) < 4.78 is 7.47. The smallest absolute Gasteiger partial charge is 0.160 e. The Kier molecular flexibility index (Phi) is 4.68. The molecule has 1 atom stereocenters. The fraction of sp³-hybridized carbons (Fsp3) is 0.417. The van der Waals surface area contributed by atoms with Gasteiger partial charge in [0.1, 0.15) is 23.0 Å². The van der Waals surface area contributed by atoms with Crippen molar-refractivity contribution in [3.63, 3.8) is 0 Å². The number of benzene rings is 1. The van der Waals surface area contributed by atoms with Gasteiger partial charge in [-0.15, -0.1) is 0 Å².